The van der Waals surface area contributed by atoms with E-state index < -0.39 is 24.3 Å². The van der Waals surface area contributed by atoms with Gasteiger partial charge in [-0.25, -0.2) is 4.79 Å². The number of rotatable bonds is 10. The lowest BCUT2D eigenvalue weighted by Gasteiger charge is -2.36. The van der Waals surface area contributed by atoms with Crippen LogP contribution < -0.4 is 5.73 Å². The third-order valence-corrected chi connectivity index (χ3v) is 9.84. The van der Waals surface area contributed by atoms with Crippen molar-refractivity contribution in [3.05, 3.63) is 147 Å². The van der Waals surface area contributed by atoms with Crippen molar-refractivity contribution >= 4 is 45.2 Å². The van der Waals surface area contributed by atoms with Crippen molar-refractivity contribution in [3.8, 4) is 0 Å². The molecule has 2 amide bonds. The van der Waals surface area contributed by atoms with Crippen molar-refractivity contribution in [1.29, 1.82) is 0 Å². The molecule has 1 aliphatic heterocycles. The van der Waals surface area contributed by atoms with Gasteiger partial charge in [0, 0.05) is 30.4 Å². The van der Waals surface area contributed by atoms with Crippen molar-refractivity contribution in [1.82, 2.24) is 29.8 Å². The molecule has 1 saturated heterocycles. The number of fused-ring (bicyclic) bond motifs is 1. The van der Waals surface area contributed by atoms with Crippen molar-refractivity contribution in [3.63, 3.8) is 0 Å². The largest absolute Gasteiger partial charge is 0.399 e. The number of hydrogen-bond acceptors (Lipinski definition) is 6. The summed E-state index contributed by atoms with van der Waals surface area (Å²) in [5.41, 5.74) is 12.1. The maximum Gasteiger partial charge on any atom is 0.321 e. The number of aromatic amines is 1. The van der Waals surface area contributed by atoms with Crippen LogP contribution in [0.3, 0.4) is 0 Å². The molecule has 0 radical (unpaired) electrons. The summed E-state index contributed by atoms with van der Waals surface area (Å²) >= 11 is 2.24. The van der Waals surface area contributed by atoms with Crippen molar-refractivity contribution in [2.75, 3.05) is 5.73 Å². The molecule has 1 fully saturated rings. The monoisotopic (exact) mass is 767 g/mol. The van der Waals surface area contributed by atoms with E-state index in [2.05, 4.69) is 37.9 Å². The zero-order valence-corrected chi connectivity index (χ0v) is 29.0. The van der Waals surface area contributed by atoms with E-state index in [9.17, 15) is 10.2 Å². The number of aliphatic hydroxyl groups excluding tert-OH is 2. The third kappa shape index (κ3) is 7.33. The Balaban J connectivity index is 1.29. The molecular weight excluding hydrogens is 729 g/mol. The van der Waals surface area contributed by atoms with Gasteiger partial charge in [-0.2, -0.15) is 10.2 Å². The van der Waals surface area contributed by atoms with E-state index in [1.807, 2.05) is 120 Å². The van der Waals surface area contributed by atoms with Crippen molar-refractivity contribution in [2.24, 2.45) is 0 Å². The van der Waals surface area contributed by atoms with Crippen molar-refractivity contribution < 1.29 is 15.0 Å². The molecule has 1 aliphatic rings. The maximum atomic E-state index is 15.0. The summed E-state index contributed by atoms with van der Waals surface area (Å²) in [6.45, 7) is 0.946. The highest BCUT2D eigenvalue weighted by molar-refractivity contribution is 14.1. The number of amides is 2. The van der Waals surface area contributed by atoms with Gasteiger partial charge in [-0.05, 0) is 82.0 Å². The number of hydrogen-bond donors (Lipinski definition) is 4. The average molecular weight is 768 g/mol. The molecule has 5 N–H and O–H groups in total. The normalized spacial score (nSPS) is 19.8. The van der Waals surface area contributed by atoms with Crippen LogP contribution in [0.15, 0.2) is 116 Å². The van der Waals surface area contributed by atoms with E-state index in [1.54, 1.807) is 9.80 Å². The van der Waals surface area contributed by atoms with Crippen LogP contribution in [0.1, 0.15) is 27.9 Å². The molecule has 10 nitrogen and oxygen atoms in total. The summed E-state index contributed by atoms with van der Waals surface area (Å²) < 4.78 is 2.90. The molecule has 49 heavy (non-hydrogen) atoms. The van der Waals surface area contributed by atoms with E-state index in [1.165, 1.54) is 0 Å². The molecule has 0 spiro atoms. The van der Waals surface area contributed by atoms with Crippen LogP contribution in [0.2, 0.25) is 0 Å². The minimum absolute atomic E-state index is 0.214. The number of carbonyl (C=O) groups excluding carboxylic acids is 1. The molecule has 3 heterocycles. The van der Waals surface area contributed by atoms with E-state index in [0.717, 1.165) is 42.4 Å². The number of H-pyrrole nitrogens is 1. The van der Waals surface area contributed by atoms with Crippen LogP contribution in [0.4, 0.5) is 10.5 Å². The molecule has 0 unspecified atom stereocenters. The number of aromatic nitrogens is 4. The fourth-order valence-electron chi connectivity index (χ4n) is 6.82. The molecule has 11 heteroatoms. The maximum absolute atomic E-state index is 15.0. The summed E-state index contributed by atoms with van der Waals surface area (Å²) in [7, 11) is 0. The molecule has 4 atom stereocenters. The lowest BCUT2D eigenvalue weighted by atomic mass is 9.91. The first-order chi connectivity index (χ1) is 23.8. The molecule has 0 bridgehead atoms. The first kappa shape index (κ1) is 32.8. The van der Waals surface area contributed by atoms with Crippen LogP contribution in [-0.2, 0) is 32.5 Å². The number of urea groups is 1. The fourth-order valence-corrected chi connectivity index (χ4v) is 7.26. The Kier molecular flexibility index (Phi) is 9.65. The molecule has 0 saturated carbocycles. The number of aliphatic hydroxyl groups is 2. The van der Waals surface area contributed by atoms with Gasteiger partial charge >= 0.3 is 6.03 Å². The number of nitrogens with zero attached hydrogens (tertiary/aromatic N) is 5. The van der Waals surface area contributed by atoms with Crippen LogP contribution in [0.25, 0.3) is 10.9 Å². The summed E-state index contributed by atoms with van der Waals surface area (Å²) in [4.78, 5) is 18.5. The Hall–Kier alpha value is -4.72. The summed E-state index contributed by atoms with van der Waals surface area (Å²) in [5, 5.41) is 37.1. The second-order valence-corrected chi connectivity index (χ2v) is 13.9. The number of carbonyl (C=O) groups is 1. The SMILES string of the molecule is Nc1cccc(CN2C(=O)N(Cc3ccc4n[nH]c(Cn5cc(I)cn5)c4c3)[C@H](Cc3ccccc3)[C@H](O)[C@@H](O)[C@H]2Cc2ccccc2)c1. The molecular formula is C38H38IN7O3. The van der Waals surface area contributed by atoms with Gasteiger partial charge in [0.15, 0.2) is 0 Å². The van der Waals surface area contributed by atoms with Gasteiger partial charge in [0.25, 0.3) is 0 Å². The van der Waals surface area contributed by atoms with E-state index >= 15 is 4.79 Å². The topological polar surface area (TPSA) is 137 Å². The lowest BCUT2D eigenvalue weighted by Crippen LogP contribution is -2.50. The summed E-state index contributed by atoms with van der Waals surface area (Å²) in [6.07, 6.45) is 2.07. The quantitative estimate of drug-likeness (QED) is 0.109. The number of nitrogens with two attached hydrogens (primary N) is 1. The van der Waals surface area contributed by atoms with Gasteiger partial charge in [-0.3, -0.25) is 9.78 Å². The van der Waals surface area contributed by atoms with Gasteiger partial charge in [0.05, 0.1) is 39.6 Å². The standard InChI is InChI=1S/C38H38IN7O3/c39-29-20-41-44(23-29)24-33-31-17-28(14-15-32(31)42-43-33)22-46-35(19-26-10-5-2-6-11-26)37(48)36(47)34(18-25-8-3-1-4-9-25)45(38(46)49)21-27-12-7-13-30(40)16-27/h1-17,20,23,34-37,47-48H,18-19,21-22,24,40H2,(H,42,43)/t34-,35-,36+,37+/m1/s1. The molecule has 6 aromatic rings. The number of nitrogen functional groups attached to an aromatic ring is 1. The smallest absolute Gasteiger partial charge is 0.321 e. The van der Waals surface area contributed by atoms with Gasteiger partial charge in [-0.1, -0.05) is 78.9 Å². The van der Waals surface area contributed by atoms with Crippen LogP contribution in [-0.4, -0.2) is 70.3 Å². The second kappa shape index (κ2) is 14.4. The van der Waals surface area contributed by atoms with Gasteiger partial charge < -0.3 is 25.7 Å². The Bertz CT molecular complexity index is 2030. The Morgan fingerprint density at radius 2 is 1.33 bits per heavy atom. The molecule has 2 aromatic heterocycles. The van der Waals surface area contributed by atoms with Crippen LogP contribution >= 0.6 is 22.6 Å². The first-order valence-electron chi connectivity index (χ1n) is 16.3. The van der Waals surface area contributed by atoms with Crippen LogP contribution in [0.5, 0.6) is 0 Å². The lowest BCUT2D eigenvalue weighted by molar-refractivity contribution is -0.0408. The Labute approximate surface area is 298 Å². The van der Waals surface area contributed by atoms with Gasteiger partial charge in [0.2, 0.25) is 0 Å². The number of benzene rings is 4. The van der Waals surface area contributed by atoms with Gasteiger partial charge in [-0.15, -0.1) is 0 Å². The minimum atomic E-state index is -1.22. The van der Waals surface area contributed by atoms with Crippen molar-refractivity contribution in [2.45, 2.75) is 56.8 Å². The number of halogens is 1. The fraction of sp³-hybridized carbons (Fsp3) is 0.237. The highest BCUT2D eigenvalue weighted by atomic mass is 127. The second-order valence-electron chi connectivity index (χ2n) is 12.7. The predicted octanol–water partition coefficient (Wildman–Crippen LogP) is 5.38. The molecule has 0 aliphatic carbocycles. The highest BCUT2D eigenvalue weighted by Gasteiger charge is 2.46. The first-order valence-corrected chi connectivity index (χ1v) is 17.4. The van der Waals surface area contributed by atoms with Gasteiger partial charge in [0.1, 0.15) is 12.2 Å². The number of anilines is 1. The zero-order chi connectivity index (χ0) is 33.9. The number of nitrogens with one attached hydrogen (secondary N) is 1. The molecule has 250 valence electrons. The Morgan fingerprint density at radius 3 is 1.90 bits per heavy atom. The average Bonchev–Trinajstić information content (AvgIpc) is 3.71. The van der Waals surface area contributed by atoms with E-state index in [0.29, 0.717) is 25.1 Å². The van der Waals surface area contributed by atoms with Crippen LogP contribution in [0, 0.1) is 3.57 Å². The highest BCUT2D eigenvalue weighted by Crippen LogP contribution is 2.31. The summed E-state index contributed by atoms with van der Waals surface area (Å²) in [6, 6.07) is 31.3. The van der Waals surface area contributed by atoms with E-state index in [-0.39, 0.29) is 19.1 Å². The minimum Gasteiger partial charge on any atom is -0.399 e. The molecule has 4 aromatic carbocycles. The Morgan fingerprint density at radius 1 is 0.735 bits per heavy atom. The third-order valence-electron chi connectivity index (χ3n) is 9.28. The van der Waals surface area contributed by atoms with E-state index in [4.69, 9.17) is 5.73 Å². The summed E-state index contributed by atoms with van der Waals surface area (Å²) in [5.74, 6) is 0. The zero-order valence-electron chi connectivity index (χ0n) is 26.8. The predicted molar refractivity (Wildman–Crippen MR) is 197 cm³/mol. The molecule has 7 rings (SSSR count).